The minimum absolute atomic E-state index is 0.789. The Morgan fingerprint density at radius 2 is 2.06 bits per heavy atom. The third kappa shape index (κ3) is 2.83. The molecular weight excluding hydrogens is 212 g/mol. The van der Waals surface area contributed by atoms with Gasteiger partial charge in [-0.25, -0.2) is 0 Å². The maximum Gasteiger partial charge on any atom is 0.0503 e. The smallest absolute Gasteiger partial charge is 0.0503 e. The largest absolute Gasteiger partial charge is 0.384 e. The highest BCUT2D eigenvalue weighted by Gasteiger charge is 2.39. The molecule has 0 radical (unpaired) electrons. The molecule has 3 unspecified atom stereocenters. The highest BCUT2D eigenvalue weighted by Crippen LogP contribution is 2.35. The number of methoxy groups -OCH3 is 1. The Morgan fingerprint density at radius 3 is 2.71 bits per heavy atom. The zero-order valence-corrected chi connectivity index (χ0v) is 11.0. The van der Waals surface area contributed by atoms with Gasteiger partial charge in [-0.05, 0) is 57.0 Å². The molecule has 3 aliphatic rings. The molecule has 17 heavy (non-hydrogen) atoms. The zero-order valence-electron chi connectivity index (χ0n) is 11.0. The van der Waals surface area contributed by atoms with Crippen molar-refractivity contribution in [1.82, 2.24) is 10.2 Å². The molecule has 0 spiro atoms. The maximum absolute atomic E-state index is 5.28. The van der Waals surface area contributed by atoms with Crippen LogP contribution in [-0.2, 0) is 4.74 Å². The summed E-state index contributed by atoms with van der Waals surface area (Å²) in [5.74, 6) is 1.72. The fraction of sp³-hybridized carbons (Fsp3) is 1.00. The average molecular weight is 238 g/mol. The van der Waals surface area contributed by atoms with Crippen molar-refractivity contribution < 1.29 is 4.74 Å². The van der Waals surface area contributed by atoms with Crippen LogP contribution in [-0.4, -0.2) is 50.3 Å². The first-order chi connectivity index (χ1) is 8.36. The summed E-state index contributed by atoms with van der Waals surface area (Å²) in [6.45, 7) is 4.80. The minimum Gasteiger partial charge on any atom is -0.384 e. The highest BCUT2D eigenvalue weighted by molar-refractivity contribution is 4.94. The summed E-state index contributed by atoms with van der Waals surface area (Å²) < 4.78 is 5.28. The molecule has 2 saturated carbocycles. The third-order valence-corrected chi connectivity index (χ3v) is 4.81. The first-order valence-electron chi connectivity index (χ1n) is 7.33. The molecule has 0 amide bonds. The molecule has 3 atom stereocenters. The second-order valence-electron chi connectivity index (χ2n) is 6.19. The van der Waals surface area contributed by atoms with Gasteiger partial charge in [0.1, 0.15) is 0 Å². The lowest BCUT2D eigenvalue weighted by Crippen LogP contribution is -2.50. The lowest BCUT2D eigenvalue weighted by molar-refractivity contribution is 0.0723. The van der Waals surface area contributed by atoms with Gasteiger partial charge in [0.05, 0.1) is 6.61 Å². The first kappa shape index (κ1) is 11.9. The van der Waals surface area contributed by atoms with Crippen molar-refractivity contribution in [2.75, 3.05) is 33.4 Å². The number of nitrogens with one attached hydrogen (secondary N) is 1. The van der Waals surface area contributed by atoms with E-state index < -0.39 is 0 Å². The topological polar surface area (TPSA) is 24.5 Å². The van der Waals surface area contributed by atoms with Crippen LogP contribution in [0.3, 0.4) is 0 Å². The predicted molar refractivity (Wildman–Crippen MR) is 69.1 cm³/mol. The molecule has 0 aromatic carbocycles. The molecule has 1 heterocycles. The summed E-state index contributed by atoms with van der Waals surface area (Å²) in [7, 11) is 1.83. The number of nitrogens with zero attached hydrogens (tertiary/aromatic N) is 1. The predicted octanol–water partition coefficient (Wildman–Crippen LogP) is 1.49. The number of likely N-dealkylation sites (tertiary alicyclic amines) is 1. The Morgan fingerprint density at radius 1 is 1.18 bits per heavy atom. The van der Waals surface area contributed by atoms with Crippen LogP contribution in [0.4, 0.5) is 0 Å². The van der Waals surface area contributed by atoms with Gasteiger partial charge in [0.2, 0.25) is 0 Å². The molecule has 0 bridgehead atoms. The fourth-order valence-electron chi connectivity index (χ4n) is 3.41. The van der Waals surface area contributed by atoms with E-state index in [4.69, 9.17) is 4.74 Å². The average Bonchev–Trinajstić information content (AvgIpc) is 2.99. The third-order valence-electron chi connectivity index (χ3n) is 4.81. The molecular formula is C14H26N2O. The highest BCUT2D eigenvalue weighted by atomic mass is 16.5. The Labute approximate surface area is 105 Å². The zero-order chi connectivity index (χ0) is 11.7. The number of ether oxygens (including phenoxy) is 1. The van der Waals surface area contributed by atoms with Gasteiger partial charge < -0.3 is 10.1 Å². The Hall–Kier alpha value is -0.120. The van der Waals surface area contributed by atoms with Crippen LogP contribution in [0.15, 0.2) is 0 Å². The molecule has 3 nitrogen and oxygen atoms in total. The van der Waals surface area contributed by atoms with Gasteiger partial charge in [0.25, 0.3) is 0 Å². The SMILES string of the molecule is COCC1CCN(C2CCC2CNC2CC2)C1. The van der Waals surface area contributed by atoms with Crippen LogP contribution >= 0.6 is 0 Å². The summed E-state index contributed by atoms with van der Waals surface area (Å²) >= 11 is 0. The van der Waals surface area contributed by atoms with E-state index >= 15 is 0 Å². The quantitative estimate of drug-likeness (QED) is 0.759. The monoisotopic (exact) mass is 238 g/mol. The molecule has 2 aliphatic carbocycles. The summed E-state index contributed by atoms with van der Waals surface area (Å²) in [6, 6.07) is 1.75. The van der Waals surface area contributed by atoms with Gasteiger partial charge >= 0.3 is 0 Å². The second-order valence-corrected chi connectivity index (χ2v) is 6.19. The molecule has 1 saturated heterocycles. The summed E-state index contributed by atoms with van der Waals surface area (Å²) in [6.07, 6.45) is 7.04. The molecule has 0 aromatic heterocycles. The molecule has 1 N–H and O–H groups in total. The second kappa shape index (κ2) is 5.25. The van der Waals surface area contributed by atoms with Crippen LogP contribution in [0.25, 0.3) is 0 Å². The van der Waals surface area contributed by atoms with E-state index in [0.29, 0.717) is 0 Å². The number of hydrogen-bond donors (Lipinski definition) is 1. The van der Waals surface area contributed by atoms with Crippen LogP contribution in [0.2, 0.25) is 0 Å². The van der Waals surface area contributed by atoms with E-state index in [1.54, 1.807) is 0 Å². The van der Waals surface area contributed by atoms with Gasteiger partial charge in [-0.1, -0.05) is 0 Å². The van der Waals surface area contributed by atoms with Gasteiger partial charge in [-0.3, -0.25) is 4.90 Å². The van der Waals surface area contributed by atoms with E-state index in [0.717, 1.165) is 30.5 Å². The van der Waals surface area contributed by atoms with E-state index in [1.807, 2.05) is 7.11 Å². The van der Waals surface area contributed by atoms with Crippen LogP contribution < -0.4 is 5.32 Å². The van der Waals surface area contributed by atoms with Gasteiger partial charge in [-0.2, -0.15) is 0 Å². The molecule has 0 aromatic rings. The lowest BCUT2D eigenvalue weighted by Gasteiger charge is -2.43. The van der Waals surface area contributed by atoms with E-state index in [1.165, 1.54) is 51.7 Å². The van der Waals surface area contributed by atoms with Crippen LogP contribution in [0.1, 0.15) is 32.1 Å². The summed E-state index contributed by atoms with van der Waals surface area (Å²) in [5.41, 5.74) is 0. The molecule has 98 valence electrons. The van der Waals surface area contributed by atoms with Crippen molar-refractivity contribution in [1.29, 1.82) is 0 Å². The maximum atomic E-state index is 5.28. The number of rotatable bonds is 6. The summed E-state index contributed by atoms with van der Waals surface area (Å²) in [4.78, 5) is 2.73. The summed E-state index contributed by atoms with van der Waals surface area (Å²) in [5, 5.41) is 3.70. The van der Waals surface area contributed by atoms with Crippen molar-refractivity contribution in [2.45, 2.75) is 44.2 Å². The number of hydrogen-bond acceptors (Lipinski definition) is 3. The van der Waals surface area contributed by atoms with Crippen molar-refractivity contribution in [2.24, 2.45) is 11.8 Å². The van der Waals surface area contributed by atoms with Crippen molar-refractivity contribution >= 4 is 0 Å². The van der Waals surface area contributed by atoms with Crippen LogP contribution in [0, 0.1) is 11.8 Å². The fourth-order valence-corrected chi connectivity index (χ4v) is 3.41. The van der Waals surface area contributed by atoms with Crippen molar-refractivity contribution in [3.63, 3.8) is 0 Å². The molecule has 1 aliphatic heterocycles. The lowest BCUT2D eigenvalue weighted by atomic mass is 9.78. The standard InChI is InChI=1S/C14H26N2O/c1-17-10-11-6-7-16(9-11)14-5-2-12(14)8-15-13-3-4-13/h11-15H,2-10H2,1H3. The van der Waals surface area contributed by atoms with E-state index in [2.05, 4.69) is 10.2 Å². The van der Waals surface area contributed by atoms with Crippen molar-refractivity contribution in [3.05, 3.63) is 0 Å². The van der Waals surface area contributed by atoms with E-state index in [-0.39, 0.29) is 0 Å². The van der Waals surface area contributed by atoms with Gasteiger partial charge in [-0.15, -0.1) is 0 Å². The van der Waals surface area contributed by atoms with Gasteiger partial charge in [0.15, 0.2) is 0 Å². The Kier molecular flexibility index (Phi) is 3.69. The van der Waals surface area contributed by atoms with E-state index in [9.17, 15) is 0 Å². The minimum atomic E-state index is 0.789. The Bertz CT molecular complexity index is 255. The van der Waals surface area contributed by atoms with Crippen molar-refractivity contribution in [3.8, 4) is 0 Å². The molecule has 3 heteroatoms. The van der Waals surface area contributed by atoms with Gasteiger partial charge in [0, 0.05) is 25.7 Å². The Balaban J connectivity index is 1.41. The van der Waals surface area contributed by atoms with Crippen LogP contribution in [0.5, 0.6) is 0 Å². The molecule has 3 fully saturated rings. The first-order valence-corrected chi connectivity index (χ1v) is 7.33. The molecule has 3 rings (SSSR count). The normalized spacial score (nSPS) is 38.3.